The van der Waals surface area contributed by atoms with Gasteiger partial charge in [0.25, 0.3) is 5.91 Å². The van der Waals surface area contributed by atoms with Gasteiger partial charge >= 0.3 is 5.97 Å². The molecule has 0 saturated carbocycles. The Hall–Kier alpha value is -3.60. The summed E-state index contributed by atoms with van der Waals surface area (Å²) in [5.74, 6) is 0.0287. The van der Waals surface area contributed by atoms with Gasteiger partial charge in [0.15, 0.2) is 6.10 Å². The molecule has 5 rings (SSSR count). The van der Waals surface area contributed by atoms with E-state index < -0.39 is 18.0 Å². The van der Waals surface area contributed by atoms with Crippen molar-refractivity contribution in [2.75, 3.05) is 6.54 Å². The highest BCUT2D eigenvalue weighted by molar-refractivity contribution is 5.89. The lowest BCUT2D eigenvalue weighted by Crippen LogP contribution is -2.43. The van der Waals surface area contributed by atoms with Crippen LogP contribution in [0, 0.1) is 0 Å². The van der Waals surface area contributed by atoms with E-state index in [2.05, 4.69) is 6.07 Å². The van der Waals surface area contributed by atoms with Gasteiger partial charge in [-0.2, -0.15) is 0 Å². The minimum Gasteiger partial charge on any atom is -0.457 e. The quantitative estimate of drug-likeness (QED) is 0.596. The summed E-state index contributed by atoms with van der Waals surface area (Å²) in [6.07, 6.45) is -0.0524. The number of nitrogens with zero attached hydrogens (tertiary/aromatic N) is 1. The molecule has 0 aliphatic carbocycles. The molecule has 0 aromatic heterocycles. The largest absolute Gasteiger partial charge is 0.457 e. The van der Waals surface area contributed by atoms with Gasteiger partial charge in [-0.05, 0) is 36.6 Å². The maximum Gasteiger partial charge on any atom is 0.318 e. The molecule has 2 heterocycles. The van der Waals surface area contributed by atoms with Crippen LogP contribution in [0.25, 0.3) is 0 Å². The van der Waals surface area contributed by atoms with Gasteiger partial charge in [0.05, 0.1) is 0 Å². The van der Waals surface area contributed by atoms with Crippen molar-refractivity contribution in [3.63, 3.8) is 0 Å². The fourth-order valence-corrected chi connectivity index (χ4v) is 4.40. The summed E-state index contributed by atoms with van der Waals surface area (Å²) in [7, 11) is 0. The van der Waals surface area contributed by atoms with Crippen LogP contribution in [-0.4, -0.2) is 29.4 Å². The minimum atomic E-state index is -0.861. The Morgan fingerprint density at radius 3 is 2.16 bits per heavy atom. The van der Waals surface area contributed by atoms with E-state index in [0.717, 1.165) is 23.1 Å². The van der Waals surface area contributed by atoms with E-state index in [0.29, 0.717) is 24.6 Å². The van der Waals surface area contributed by atoms with E-state index in [1.165, 1.54) is 5.56 Å². The number of rotatable bonds is 3. The second-order valence-electron chi connectivity index (χ2n) is 7.97. The monoisotopic (exact) mass is 413 g/mol. The zero-order valence-corrected chi connectivity index (χ0v) is 17.3. The van der Waals surface area contributed by atoms with Crippen molar-refractivity contribution in [2.45, 2.75) is 31.9 Å². The van der Waals surface area contributed by atoms with Gasteiger partial charge in [0, 0.05) is 24.2 Å². The molecule has 0 fully saturated rings. The number of esters is 1. The Balaban J connectivity index is 1.35. The van der Waals surface area contributed by atoms with Crippen LogP contribution in [0.4, 0.5) is 0 Å². The van der Waals surface area contributed by atoms with Gasteiger partial charge < -0.3 is 14.4 Å². The summed E-state index contributed by atoms with van der Waals surface area (Å²) in [6.45, 7) is 2.82. The molecular weight excluding hydrogens is 390 g/mol. The highest BCUT2D eigenvalue weighted by atomic mass is 16.5. The predicted octanol–water partition coefficient (Wildman–Crippen LogP) is 4.44. The van der Waals surface area contributed by atoms with E-state index in [4.69, 9.17) is 9.47 Å². The maximum absolute atomic E-state index is 13.3. The van der Waals surface area contributed by atoms with Gasteiger partial charge in [0.2, 0.25) is 0 Å². The molecule has 31 heavy (non-hydrogen) atoms. The molecule has 0 spiro atoms. The van der Waals surface area contributed by atoms with E-state index in [-0.39, 0.29) is 5.91 Å². The minimum absolute atomic E-state index is 0.170. The number of fused-ring (bicyclic) bond motifs is 3. The fraction of sp³-hybridized carbons (Fsp3) is 0.231. The molecule has 0 N–H and O–H groups in total. The Morgan fingerprint density at radius 2 is 1.48 bits per heavy atom. The third-order valence-electron chi connectivity index (χ3n) is 6.00. The molecule has 5 nitrogen and oxygen atoms in total. The zero-order valence-electron chi connectivity index (χ0n) is 17.3. The lowest BCUT2D eigenvalue weighted by atomic mass is 9.88. The molecule has 2 aliphatic heterocycles. The number of benzene rings is 3. The normalized spacial score (nSPS) is 15.7. The zero-order chi connectivity index (χ0) is 21.4. The molecule has 2 aliphatic rings. The SMILES string of the molecule is C[C@@H](OC(=O)C1c2ccccc2Oc2ccccc21)C(=O)N1CCc2ccccc2C1. The van der Waals surface area contributed by atoms with Gasteiger partial charge in [-0.3, -0.25) is 9.59 Å². The summed E-state index contributed by atoms with van der Waals surface area (Å²) in [5, 5.41) is 0. The molecule has 1 amide bonds. The summed E-state index contributed by atoms with van der Waals surface area (Å²) in [6, 6.07) is 23.0. The van der Waals surface area contributed by atoms with Gasteiger partial charge in [0.1, 0.15) is 17.4 Å². The van der Waals surface area contributed by atoms with Crippen LogP contribution in [0.3, 0.4) is 0 Å². The topological polar surface area (TPSA) is 55.8 Å². The average molecular weight is 413 g/mol. The summed E-state index contributed by atoms with van der Waals surface area (Å²) >= 11 is 0. The smallest absolute Gasteiger partial charge is 0.318 e. The third-order valence-corrected chi connectivity index (χ3v) is 6.00. The molecule has 0 radical (unpaired) electrons. The van der Waals surface area contributed by atoms with E-state index in [1.54, 1.807) is 11.8 Å². The first kappa shape index (κ1) is 19.4. The van der Waals surface area contributed by atoms with Crippen LogP contribution in [0.5, 0.6) is 11.5 Å². The number of carbonyl (C=O) groups is 2. The lowest BCUT2D eigenvalue weighted by molar-refractivity contribution is -0.160. The maximum atomic E-state index is 13.3. The second-order valence-corrected chi connectivity index (χ2v) is 7.97. The summed E-state index contributed by atoms with van der Waals surface area (Å²) in [4.78, 5) is 28.1. The number of hydrogen-bond donors (Lipinski definition) is 0. The van der Waals surface area contributed by atoms with Crippen molar-refractivity contribution in [3.05, 3.63) is 95.1 Å². The molecule has 5 heteroatoms. The van der Waals surface area contributed by atoms with Gasteiger partial charge in [-0.25, -0.2) is 0 Å². The van der Waals surface area contributed by atoms with Crippen LogP contribution >= 0.6 is 0 Å². The summed E-state index contributed by atoms with van der Waals surface area (Å²) < 4.78 is 11.7. The number of carbonyl (C=O) groups excluding carboxylic acids is 2. The van der Waals surface area contributed by atoms with E-state index >= 15 is 0 Å². The van der Waals surface area contributed by atoms with Gasteiger partial charge in [-0.1, -0.05) is 60.7 Å². The number of amides is 1. The Bertz CT molecular complexity index is 1110. The van der Waals surface area contributed by atoms with Crippen LogP contribution in [0.2, 0.25) is 0 Å². The molecule has 0 unspecified atom stereocenters. The van der Waals surface area contributed by atoms with Crippen LogP contribution in [0.1, 0.15) is 35.1 Å². The standard InChI is InChI=1S/C26H23NO4/c1-17(25(28)27-15-14-18-8-2-3-9-19(18)16-27)30-26(29)24-20-10-4-6-12-22(20)31-23-13-7-5-11-21(23)24/h2-13,17,24H,14-16H2,1H3/t17-/m1/s1. The first-order chi connectivity index (χ1) is 15.1. The molecule has 0 bridgehead atoms. The highest BCUT2D eigenvalue weighted by Gasteiger charge is 2.36. The Labute approximate surface area is 181 Å². The molecular formula is C26H23NO4. The average Bonchev–Trinajstić information content (AvgIpc) is 2.81. The van der Waals surface area contributed by atoms with Crippen molar-refractivity contribution in [1.29, 1.82) is 0 Å². The first-order valence-corrected chi connectivity index (χ1v) is 10.5. The molecule has 3 aromatic rings. The highest BCUT2D eigenvalue weighted by Crippen LogP contribution is 2.44. The predicted molar refractivity (Wildman–Crippen MR) is 116 cm³/mol. The number of ether oxygens (including phenoxy) is 2. The Morgan fingerprint density at radius 1 is 0.903 bits per heavy atom. The van der Waals surface area contributed by atoms with E-state index in [1.807, 2.05) is 66.7 Å². The van der Waals surface area contributed by atoms with Crippen molar-refractivity contribution in [2.24, 2.45) is 0 Å². The molecule has 0 saturated heterocycles. The van der Waals surface area contributed by atoms with Crippen LogP contribution in [0.15, 0.2) is 72.8 Å². The summed E-state index contributed by atoms with van der Waals surface area (Å²) in [5.41, 5.74) is 3.91. The number of para-hydroxylation sites is 2. The van der Waals surface area contributed by atoms with Crippen LogP contribution in [-0.2, 0) is 27.3 Å². The van der Waals surface area contributed by atoms with Crippen molar-refractivity contribution in [3.8, 4) is 11.5 Å². The van der Waals surface area contributed by atoms with Gasteiger partial charge in [-0.15, -0.1) is 0 Å². The second kappa shape index (κ2) is 7.91. The number of hydrogen-bond acceptors (Lipinski definition) is 4. The lowest BCUT2D eigenvalue weighted by Gasteiger charge is -2.32. The van der Waals surface area contributed by atoms with E-state index in [9.17, 15) is 9.59 Å². The third kappa shape index (κ3) is 3.56. The molecule has 3 aromatic carbocycles. The van der Waals surface area contributed by atoms with Crippen LogP contribution < -0.4 is 4.74 Å². The molecule has 1 atom stereocenters. The Kier molecular flexibility index (Phi) is 4.94. The van der Waals surface area contributed by atoms with Crippen molar-refractivity contribution in [1.82, 2.24) is 4.90 Å². The molecule has 156 valence electrons. The van der Waals surface area contributed by atoms with Crippen molar-refractivity contribution < 1.29 is 19.1 Å². The van der Waals surface area contributed by atoms with Crippen molar-refractivity contribution >= 4 is 11.9 Å². The fourth-order valence-electron chi connectivity index (χ4n) is 4.40. The first-order valence-electron chi connectivity index (χ1n) is 10.5.